The van der Waals surface area contributed by atoms with Gasteiger partial charge in [-0.2, -0.15) is 0 Å². The topological polar surface area (TPSA) is 32.3 Å². The van der Waals surface area contributed by atoms with Gasteiger partial charge < -0.3 is 5.32 Å². The number of aryl methyl sites for hydroxylation is 2. The number of urea groups is 1. The predicted octanol–water partition coefficient (Wildman–Crippen LogP) is 5.12. The molecule has 21 heavy (non-hydrogen) atoms. The molecule has 0 aromatic heterocycles. The quantitative estimate of drug-likeness (QED) is 0.821. The van der Waals surface area contributed by atoms with Crippen LogP contribution in [-0.4, -0.2) is 12.6 Å². The standard InChI is InChI=1S/C17H19BrN2O/c1-4-20(15-7-5-6-14(18)11-15)17(21)19-16-9-8-12(2)10-13(16)3/h5-11H,4H2,1-3H3,(H,19,21). The Morgan fingerprint density at radius 1 is 1.19 bits per heavy atom. The first kappa shape index (κ1) is 15.6. The van der Waals surface area contributed by atoms with Crippen molar-refractivity contribution in [2.45, 2.75) is 20.8 Å². The van der Waals surface area contributed by atoms with Crippen molar-refractivity contribution in [2.75, 3.05) is 16.8 Å². The Bertz CT molecular complexity index is 655. The van der Waals surface area contributed by atoms with Crippen LogP contribution in [-0.2, 0) is 0 Å². The van der Waals surface area contributed by atoms with E-state index in [0.717, 1.165) is 21.4 Å². The number of nitrogens with zero attached hydrogens (tertiary/aromatic N) is 1. The molecule has 0 aliphatic carbocycles. The summed E-state index contributed by atoms with van der Waals surface area (Å²) in [6.07, 6.45) is 0. The summed E-state index contributed by atoms with van der Waals surface area (Å²) in [6.45, 7) is 6.60. The number of carbonyl (C=O) groups excluding carboxylic acids is 1. The summed E-state index contributed by atoms with van der Waals surface area (Å²) in [5.74, 6) is 0. The van der Waals surface area contributed by atoms with Crippen molar-refractivity contribution in [1.82, 2.24) is 0 Å². The highest BCUT2D eigenvalue weighted by molar-refractivity contribution is 9.10. The maximum atomic E-state index is 12.5. The van der Waals surface area contributed by atoms with Crippen molar-refractivity contribution in [1.29, 1.82) is 0 Å². The molecule has 0 radical (unpaired) electrons. The minimum Gasteiger partial charge on any atom is -0.307 e. The molecule has 1 N–H and O–H groups in total. The predicted molar refractivity (Wildman–Crippen MR) is 92.1 cm³/mol. The van der Waals surface area contributed by atoms with Crippen LogP contribution in [0.4, 0.5) is 16.2 Å². The Hall–Kier alpha value is -1.81. The van der Waals surface area contributed by atoms with Crippen LogP contribution in [0.25, 0.3) is 0 Å². The van der Waals surface area contributed by atoms with Gasteiger partial charge in [-0.3, -0.25) is 4.90 Å². The van der Waals surface area contributed by atoms with Crippen LogP contribution in [0.1, 0.15) is 18.1 Å². The number of anilines is 2. The number of benzene rings is 2. The van der Waals surface area contributed by atoms with Crippen molar-refractivity contribution in [3.63, 3.8) is 0 Å². The molecule has 3 nitrogen and oxygen atoms in total. The Balaban J connectivity index is 2.21. The molecule has 0 heterocycles. The Morgan fingerprint density at radius 2 is 1.95 bits per heavy atom. The van der Waals surface area contributed by atoms with Gasteiger partial charge in [0.2, 0.25) is 0 Å². The average molecular weight is 347 g/mol. The van der Waals surface area contributed by atoms with Gasteiger partial charge in [0, 0.05) is 22.4 Å². The molecule has 0 saturated heterocycles. The van der Waals surface area contributed by atoms with Crippen molar-refractivity contribution in [3.8, 4) is 0 Å². The van der Waals surface area contributed by atoms with E-state index in [-0.39, 0.29) is 6.03 Å². The number of rotatable bonds is 3. The lowest BCUT2D eigenvalue weighted by Gasteiger charge is -2.22. The molecule has 0 fully saturated rings. The van der Waals surface area contributed by atoms with E-state index in [4.69, 9.17) is 0 Å². The minimum atomic E-state index is -0.123. The number of amides is 2. The lowest BCUT2D eigenvalue weighted by Crippen LogP contribution is -2.34. The maximum Gasteiger partial charge on any atom is 0.326 e. The number of carbonyl (C=O) groups is 1. The highest BCUT2D eigenvalue weighted by Crippen LogP contribution is 2.22. The summed E-state index contributed by atoms with van der Waals surface area (Å²) in [6, 6.07) is 13.6. The van der Waals surface area contributed by atoms with Gasteiger partial charge in [-0.05, 0) is 50.6 Å². The zero-order valence-corrected chi connectivity index (χ0v) is 14.1. The van der Waals surface area contributed by atoms with Gasteiger partial charge in [-0.15, -0.1) is 0 Å². The largest absolute Gasteiger partial charge is 0.326 e. The molecule has 2 aromatic rings. The van der Waals surface area contributed by atoms with E-state index in [1.807, 2.05) is 57.2 Å². The summed E-state index contributed by atoms with van der Waals surface area (Å²) >= 11 is 3.44. The fraction of sp³-hybridized carbons (Fsp3) is 0.235. The van der Waals surface area contributed by atoms with Gasteiger partial charge in [0.25, 0.3) is 0 Å². The molecule has 2 aromatic carbocycles. The fourth-order valence-electron chi connectivity index (χ4n) is 2.22. The molecule has 0 unspecified atom stereocenters. The van der Waals surface area contributed by atoms with E-state index in [1.165, 1.54) is 5.56 Å². The SMILES string of the molecule is CCN(C(=O)Nc1ccc(C)cc1C)c1cccc(Br)c1. The second kappa shape index (κ2) is 6.76. The fourth-order valence-corrected chi connectivity index (χ4v) is 2.61. The molecular formula is C17H19BrN2O. The molecule has 2 amide bonds. The highest BCUT2D eigenvalue weighted by atomic mass is 79.9. The Morgan fingerprint density at radius 3 is 2.57 bits per heavy atom. The smallest absolute Gasteiger partial charge is 0.307 e. The summed E-state index contributed by atoms with van der Waals surface area (Å²) in [7, 11) is 0. The molecule has 4 heteroatoms. The summed E-state index contributed by atoms with van der Waals surface area (Å²) in [5.41, 5.74) is 3.96. The molecule has 0 atom stereocenters. The highest BCUT2D eigenvalue weighted by Gasteiger charge is 2.14. The van der Waals surface area contributed by atoms with E-state index in [0.29, 0.717) is 6.54 Å². The third kappa shape index (κ3) is 3.85. The first-order valence-corrected chi connectivity index (χ1v) is 7.72. The van der Waals surface area contributed by atoms with Gasteiger partial charge in [0.15, 0.2) is 0 Å². The van der Waals surface area contributed by atoms with Crippen molar-refractivity contribution < 1.29 is 4.79 Å². The number of nitrogens with one attached hydrogen (secondary N) is 1. The van der Waals surface area contributed by atoms with E-state index >= 15 is 0 Å². The van der Waals surface area contributed by atoms with Crippen LogP contribution in [0.5, 0.6) is 0 Å². The van der Waals surface area contributed by atoms with E-state index < -0.39 is 0 Å². The second-order valence-electron chi connectivity index (χ2n) is 4.97. The van der Waals surface area contributed by atoms with Gasteiger partial charge in [-0.1, -0.05) is 39.7 Å². The van der Waals surface area contributed by atoms with Crippen molar-refractivity contribution >= 4 is 33.3 Å². The van der Waals surface area contributed by atoms with Gasteiger partial charge in [-0.25, -0.2) is 4.79 Å². The number of halogens is 1. The lowest BCUT2D eigenvalue weighted by molar-refractivity contribution is 0.257. The van der Waals surface area contributed by atoms with Crippen LogP contribution < -0.4 is 10.2 Å². The third-order valence-electron chi connectivity index (χ3n) is 3.30. The van der Waals surface area contributed by atoms with Crippen LogP contribution in [0, 0.1) is 13.8 Å². The van der Waals surface area contributed by atoms with Crippen LogP contribution in [0.2, 0.25) is 0 Å². The van der Waals surface area contributed by atoms with Crippen LogP contribution >= 0.6 is 15.9 Å². The van der Waals surface area contributed by atoms with E-state index in [1.54, 1.807) is 4.90 Å². The zero-order chi connectivity index (χ0) is 15.4. The third-order valence-corrected chi connectivity index (χ3v) is 3.80. The van der Waals surface area contributed by atoms with Crippen molar-refractivity contribution in [3.05, 3.63) is 58.1 Å². The average Bonchev–Trinajstić information content (AvgIpc) is 2.43. The van der Waals surface area contributed by atoms with Crippen LogP contribution in [0.3, 0.4) is 0 Å². The summed E-state index contributed by atoms with van der Waals surface area (Å²) < 4.78 is 0.956. The summed E-state index contributed by atoms with van der Waals surface area (Å²) in [4.78, 5) is 14.2. The van der Waals surface area contributed by atoms with Crippen LogP contribution in [0.15, 0.2) is 46.9 Å². The molecule has 110 valence electrons. The molecular weight excluding hydrogens is 328 g/mol. The maximum absolute atomic E-state index is 12.5. The first-order valence-electron chi connectivity index (χ1n) is 6.92. The molecule has 0 aliphatic heterocycles. The normalized spacial score (nSPS) is 10.3. The van der Waals surface area contributed by atoms with Gasteiger partial charge in [0.1, 0.15) is 0 Å². The molecule has 0 bridgehead atoms. The molecule has 0 saturated carbocycles. The lowest BCUT2D eigenvalue weighted by atomic mass is 10.1. The first-order chi connectivity index (χ1) is 10.0. The molecule has 0 aliphatic rings. The number of hydrogen-bond acceptors (Lipinski definition) is 1. The van der Waals surface area contributed by atoms with E-state index in [2.05, 4.69) is 27.3 Å². The van der Waals surface area contributed by atoms with Gasteiger partial charge >= 0.3 is 6.03 Å². The monoisotopic (exact) mass is 346 g/mol. The summed E-state index contributed by atoms with van der Waals surface area (Å²) in [5, 5.41) is 2.98. The number of hydrogen-bond donors (Lipinski definition) is 1. The van der Waals surface area contributed by atoms with Crippen molar-refractivity contribution in [2.24, 2.45) is 0 Å². The molecule has 2 rings (SSSR count). The minimum absolute atomic E-state index is 0.123. The zero-order valence-electron chi connectivity index (χ0n) is 12.5. The second-order valence-corrected chi connectivity index (χ2v) is 5.89. The van der Waals surface area contributed by atoms with Gasteiger partial charge in [0.05, 0.1) is 0 Å². The Labute approximate surface area is 134 Å². The van der Waals surface area contributed by atoms with E-state index in [9.17, 15) is 4.79 Å². The Kier molecular flexibility index (Phi) is 5.02. The molecule has 0 spiro atoms.